The van der Waals surface area contributed by atoms with Gasteiger partial charge < -0.3 is 24.8 Å². The van der Waals surface area contributed by atoms with Crippen LogP contribution >= 0.6 is 22.7 Å². The van der Waals surface area contributed by atoms with Gasteiger partial charge in [-0.05, 0) is 41.8 Å². The van der Waals surface area contributed by atoms with Crippen LogP contribution in [0.4, 0.5) is 4.39 Å². The number of carboxylic acids is 2. The number of halogens is 1. The van der Waals surface area contributed by atoms with Crippen LogP contribution in [0, 0.1) is 17.7 Å². The first-order valence-corrected chi connectivity index (χ1v) is 14.8. The number of aliphatic hydroxyl groups excluding tert-OH is 1. The summed E-state index contributed by atoms with van der Waals surface area (Å²) in [6, 6.07) is 9.68. The smallest absolute Gasteiger partial charge is 0.306 e. The predicted octanol–water partition coefficient (Wildman–Crippen LogP) is 6.18. The van der Waals surface area contributed by atoms with E-state index in [0.29, 0.717) is 27.3 Å². The summed E-state index contributed by atoms with van der Waals surface area (Å²) in [6.07, 6.45) is 0.113. The Balaban J connectivity index is 1.35. The van der Waals surface area contributed by atoms with Gasteiger partial charge in [-0.25, -0.2) is 4.39 Å². The SMILES string of the molecule is CC(CC(=O)c1cc2c(F)c(OCCCOc3cc4sc(C(=O)C[C@H](C)C(=O)O)cc4cc3CO)ccc2s1)C(=O)O. The Morgan fingerprint density at radius 3 is 1.98 bits per heavy atom. The molecule has 0 saturated carbocycles. The molecule has 42 heavy (non-hydrogen) atoms. The van der Waals surface area contributed by atoms with Crippen molar-refractivity contribution in [3.63, 3.8) is 0 Å². The zero-order valence-electron chi connectivity index (χ0n) is 22.8. The lowest BCUT2D eigenvalue weighted by Crippen LogP contribution is -2.13. The fourth-order valence-corrected chi connectivity index (χ4v) is 6.20. The summed E-state index contributed by atoms with van der Waals surface area (Å²) < 4.78 is 27.9. The largest absolute Gasteiger partial charge is 0.493 e. The van der Waals surface area contributed by atoms with E-state index in [9.17, 15) is 24.3 Å². The number of aliphatic carboxylic acids is 2. The standard InChI is InChI=1S/C30H29FO9S2/c1-15(29(35)36)8-20(33)26-11-17-10-18(14-32)23(13-25(17)42-26)40-7-3-6-39-22-4-5-24-19(28(22)31)12-27(41-24)21(34)9-16(2)30(37)38/h4-5,10-13,15-16,32H,3,6-9,14H2,1-2H3,(H,35,36)(H,37,38)/t15-,16?/m0/s1. The van der Waals surface area contributed by atoms with E-state index in [-0.39, 0.29) is 60.2 Å². The van der Waals surface area contributed by atoms with Gasteiger partial charge in [0.15, 0.2) is 23.1 Å². The van der Waals surface area contributed by atoms with Gasteiger partial charge in [0, 0.05) is 39.6 Å². The lowest BCUT2D eigenvalue weighted by atomic mass is 10.0. The Morgan fingerprint density at radius 1 is 0.810 bits per heavy atom. The minimum absolute atomic E-state index is 0.0173. The molecule has 2 atom stereocenters. The normalized spacial score (nSPS) is 12.8. The molecule has 12 heteroatoms. The fraction of sp³-hybridized carbons (Fsp3) is 0.333. The van der Waals surface area contributed by atoms with Gasteiger partial charge in [0.05, 0.1) is 41.4 Å². The first-order valence-electron chi connectivity index (χ1n) is 13.2. The molecule has 2 heterocycles. The van der Waals surface area contributed by atoms with E-state index in [1.54, 1.807) is 24.3 Å². The molecular weight excluding hydrogens is 587 g/mol. The average molecular weight is 617 g/mol. The van der Waals surface area contributed by atoms with Crippen LogP contribution < -0.4 is 9.47 Å². The second-order valence-electron chi connectivity index (χ2n) is 9.95. The summed E-state index contributed by atoms with van der Waals surface area (Å²) in [5, 5.41) is 28.9. The van der Waals surface area contributed by atoms with Gasteiger partial charge in [-0.3, -0.25) is 19.2 Å². The van der Waals surface area contributed by atoms with Gasteiger partial charge in [0.1, 0.15) is 5.75 Å². The summed E-state index contributed by atoms with van der Waals surface area (Å²) in [4.78, 5) is 47.8. The number of hydrogen-bond acceptors (Lipinski definition) is 9. The highest BCUT2D eigenvalue weighted by Gasteiger charge is 2.21. The highest BCUT2D eigenvalue weighted by molar-refractivity contribution is 7.21. The number of carboxylic acid groups (broad SMARTS) is 2. The van der Waals surface area contributed by atoms with E-state index in [1.807, 2.05) is 0 Å². The number of hydrogen-bond donors (Lipinski definition) is 3. The van der Waals surface area contributed by atoms with Crippen molar-refractivity contribution in [2.75, 3.05) is 13.2 Å². The molecule has 0 bridgehead atoms. The monoisotopic (exact) mass is 616 g/mol. The Morgan fingerprint density at radius 2 is 1.38 bits per heavy atom. The lowest BCUT2D eigenvalue weighted by molar-refractivity contribution is -0.141. The van der Waals surface area contributed by atoms with Crippen LogP contribution in [0.5, 0.6) is 11.5 Å². The summed E-state index contributed by atoms with van der Waals surface area (Å²) in [5.41, 5.74) is 0.524. The second kappa shape index (κ2) is 13.4. The van der Waals surface area contributed by atoms with Crippen molar-refractivity contribution in [3.8, 4) is 11.5 Å². The zero-order valence-corrected chi connectivity index (χ0v) is 24.5. The molecule has 2 aromatic carbocycles. The van der Waals surface area contributed by atoms with Crippen LogP contribution in [-0.4, -0.2) is 52.0 Å². The molecule has 3 N–H and O–H groups in total. The molecule has 0 radical (unpaired) electrons. The van der Waals surface area contributed by atoms with Crippen molar-refractivity contribution >= 4 is 66.4 Å². The molecule has 4 rings (SSSR count). The van der Waals surface area contributed by atoms with E-state index >= 15 is 4.39 Å². The molecule has 222 valence electrons. The van der Waals surface area contributed by atoms with Crippen molar-refractivity contribution in [2.45, 2.75) is 39.7 Å². The van der Waals surface area contributed by atoms with Gasteiger partial charge in [-0.1, -0.05) is 13.8 Å². The van der Waals surface area contributed by atoms with Gasteiger partial charge in [-0.15, -0.1) is 22.7 Å². The Kier molecular flexibility index (Phi) is 9.92. The van der Waals surface area contributed by atoms with Crippen LogP contribution in [0.3, 0.4) is 0 Å². The molecule has 2 aromatic heterocycles. The van der Waals surface area contributed by atoms with Crippen molar-refractivity contribution in [2.24, 2.45) is 11.8 Å². The first kappa shape index (κ1) is 31.1. The fourth-order valence-electron chi connectivity index (χ4n) is 4.17. The summed E-state index contributed by atoms with van der Waals surface area (Å²) in [5.74, 6) is -4.51. The maximum Gasteiger partial charge on any atom is 0.306 e. The number of Topliss-reactive ketones (excluding diaryl/α,β-unsaturated/α-hetero) is 2. The van der Waals surface area contributed by atoms with E-state index in [0.717, 1.165) is 21.4 Å². The number of carbonyl (C=O) groups excluding carboxylic acids is 2. The summed E-state index contributed by atoms with van der Waals surface area (Å²) >= 11 is 2.33. The maximum atomic E-state index is 15.1. The molecule has 0 spiro atoms. The van der Waals surface area contributed by atoms with Crippen LogP contribution in [0.2, 0.25) is 0 Å². The Hall–Kier alpha value is -3.87. The van der Waals surface area contributed by atoms with Gasteiger partial charge in [0.2, 0.25) is 0 Å². The number of carbonyl (C=O) groups is 4. The summed E-state index contributed by atoms with van der Waals surface area (Å²) in [6.45, 7) is 2.97. The van der Waals surface area contributed by atoms with E-state index in [2.05, 4.69) is 0 Å². The van der Waals surface area contributed by atoms with E-state index < -0.39 is 29.6 Å². The Bertz CT molecular complexity index is 1660. The van der Waals surface area contributed by atoms with Gasteiger partial charge in [-0.2, -0.15) is 0 Å². The molecule has 0 saturated heterocycles. The molecule has 0 aliphatic carbocycles. The number of aliphatic hydroxyl groups is 1. The van der Waals surface area contributed by atoms with Crippen molar-refractivity contribution < 1.29 is 48.4 Å². The quantitative estimate of drug-likeness (QED) is 0.105. The molecule has 4 aromatic rings. The average Bonchev–Trinajstić information content (AvgIpc) is 3.58. The van der Waals surface area contributed by atoms with Gasteiger partial charge in [0.25, 0.3) is 0 Å². The van der Waals surface area contributed by atoms with Crippen LogP contribution in [-0.2, 0) is 16.2 Å². The van der Waals surface area contributed by atoms with Crippen molar-refractivity contribution in [1.82, 2.24) is 0 Å². The minimum atomic E-state index is -1.07. The van der Waals surface area contributed by atoms with Crippen LogP contribution in [0.1, 0.15) is 58.0 Å². The molecule has 1 unspecified atom stereocenters. The molecule has 0 amide bonds. The second-order valence-corrected chi connectivity index (χ2v) is 12.1. The number of benzene rings is 2. The van der Waals surface area contributed by atoms with Crippen molar-refractivity contribution in [1.29, 1.82) is 0 Å². The van der Waals surface area contributed by atoms with E-state index in [4.69, 9.17) is 19.7 Å². The maximum absolute atomic E-state index is 15.1. The van der Waals surface area contributed by atoms with Crippen LogP contribution in [0.25, 0.3) is 20.2 Å². The van der Waals surface area contributed by atoms with Gasteiger partial charge >= 0.3 is 11.9 Å². The molecule has 9 nitrogen and oxygen atoms in total. The third-order valence-corrected chi connectivity index (χ3v) is 8.93. The zero-order chi connectivity index (χ0) is 30.6. The third-order valence-electron chi connectivity index (χ3n) is 6.65. The highest BCUT2D eigenvalue weighted by Crippen LogP contribution is 2.35. The van der Waals surface area contributed by atoms with E-state index in [1.165, 1.54) is 37.3 Å². The lowest BCUT2D eigenvalue weighted by Gasteiger charge is -2.11. The van der Waals surface area contributed by atoms with Crippen LogP contribution in [0.15, 0.2) is 36.4 Å². The highest BCUT2D eigenvalue weighted by atomic mass is 32.1. The molecule has 0 fully saturated rings. The Labute approximate surface area is 248 Å². The molecule has 0 aliphatic rings. The predicted molar refractivity (Wildman–Crippen MR) is 157 cm³/mol. The molecular formula is C30H29FO9S2. The number of fused-ring (bicyclic) bond motifs is 2. The number of ketones is 2. The topological polar surface area (TPSA) is 147 Å². The number of ether oxygens (including phenoxy) is 2. The summed E-state index contributed by atoms with van der Waals surface area (Å²) in [7, 11) is 0. The number of thiophene rings is 2. The third kappa shape index (κ3) is 7.12. The number of rotatable bonds is 15. The minimum Gasteiger partial charge on any atom is -0.493 e. The first-order chi connectivity index (χ1) is 20.0. The molecule has 0 aliphatic heterocycles. The van der Waals surface area contributed by atoms with Crippen molar-refractivity contribution in [3.05, 3.63) is 57.5 Å².